The summed E-state index contributed by atoms with van der Waals surface area (Å²) >= 11 is 3.36. The van der Waals surface area contributed by atoms with Crippen molar-refractivity contribution in [1.29, 1.82) is 0 Å². The second kappa shape index (κ2) is 9.38. The molecule has 0 aliphatic carbocycles. The van der Waals surface area contributed by atoms with E-state index in [0.29, 0.717) is 28.9 Å². The highest BCUT2D eigenvalue weighted by atomic mass is 79.9. The Hall–Kier alpha value is -2.43. The Labute approximate surface area is 178 Å². The molecule has 8 nitrogen and oxygen atoms in total. The molecule has 2 N–H and O–H groups in total. The number of nitrogens with one attached hydrogen (secondary N) is 2. The molecular weight excluding hydrogens is 460 g/mol. The van der Waals surface area contributed by atoms with Crippen molar-refractivity contribution in [1.82, 2.24) is 15.0 Å². The van der Waals surface area contributed by atoms with E-state index in [1.807, 2.05) is 6.92 Å². The highest BCUT2D eigenvalue weighted by molar-refractivity contribution is 9.10. The predicted molar refractivity (Wildman–Crippen MR) is 114 cm³/mol. The number of rotatable bonds is 5. The Morgan fingerprint density at radius 3 is 2.59 bits per heavy atom. The van der Waals surface area contributed by atoms with Gasteiger partial charge in [-0.3, -0.25) is 0 Å². The minimum atomic E-state index is -3.75. The van der Waals surface area contributed by atoms with Crippen LogP contribution in [-0.4, -0.2) is 51.8 Å². The van der Waals surface area contributed by atoms with Crippen molar-refractivity contribution in [2.75, 3.05) is 26.2 Å². The van der Waals surface area contributed by atoms with E-state index in [9.17, 15) is 13.2 Å². The molecule has 154 valence electrons. The van der Waals surface area contributed by atoms with Crippen LogP contribution in [0.4, 0.5) is 4.79 Å². The summed E-state index contributed by atoms with van der Waals surface area (Å²) in [5.41, 5.74) is 1.54. The Kier molecular flexibility index (Phi) is 6.88. The van der Waals surface area contributed by atoms with Crippen LogP contribution in [0.25, 0.3) is 0 Å². The van der Waals surface area contributed by atoms with Gasteiger partial charge >= 0.3 is 6.09 Å². The molecule has 1 aliphatic heterocycles. The van der Waals surface area contributed by atoms with Crippen molar-refractivity contribution in [2.24, 2.45) is 5.10 Å². The van der Waals surface area contributed by atoms with Crippen LogP contribution in [0.2, 0.25) is 0 Å². The fourth-order valence-corrected chi connectivity index (χ4v) is 3.74. The number of aryl methyl sites for hydroxylation is 1. The highest BCUT2D eigenvalue weighted by Crippen LogP contribution is 2.26. The van der Waals surface area contributed by atoms with Crippen molar-refractivity contribution < 1.29 is 17.9 Å². The summed E-state index contributed by atoms with van der Waals surface area (Å²) in [6.45, 7) is 4.49. The van der Waals surface area contributed by atoms with E-state index in [1.165, 1.54) is 18.3 Å². The quantitative estimate of drug-likeness (QED) is 0.505. The summed E-state index contributed by atoms with van der Waals surface area (Å²) in [6.07, 6.45) is 0.918. The van der Waals surface area contributed by atoms with Gasteiger partial charge in [-0.15, -0.1) is 0 Å². The predicted octanol–water partition coefficient (Wildman–Crippen LogP) is 2.47. The van der Waals surface area contributed by atoms with Crippen molar-refractivity contribution in [2.45, 2.75) is 11.8 Å². The van der Waals surface area contributed by atoms with Gasteiger partial charge in [-0.25, -0.2) is 9.63 Å². The molecule has 29 heavy (non-hydrogen) atoms. The second-order valence-electron chi connectivity index (χ2n) is 6.46. The molecule has 0 unspecified atom stereocenters. The molecule has 1 amide bonds. The monoisotopic (exact) mass is 480 g/mol. The van der Waals surface area contributed by atoms with Gasteiger partial charge in [0.2, 0.25) is 0 Å². The van der Waals surface area contributed by atoms with Crippen LogP contribution in [0.3, 0.4) is 0 Å². The van der Waals surface area contributed by atoms with Gasteiger partial charge in [0.25, 0.3) is 10.0 Å². The molecule has 0 spiro atoms. The number of benzene rings is 2. The Balaban J connectivity index is 1.67. The zero-order valence-electron chi connectivity index (χ0n) is 15.8. The molecule has 0 aromatic heterocycles. The number of ether oxygens (including phenoxy) is 1. The number of piperazine rings is 1. The Bertz CT molecular complexity index is 1000. The summed E-state index contributed by atoms with van der Waals surface area (Å²) in [5.74, 6) is 0.332. The normalized spacial score (nSPS) is 14.8. The summed E-state index contributed by atoms with van der Waals surface area (Å²) in [4.78, 5) is 16.2. The van der Waals surface area contributed by atoms with Crippen molar-refractivity contribution in [3.63, 3.8) is 0 Å². The SMILES string of the molecule is Cc1ccc(S(=O)(=O)N/N=C/c2ccc(Br)c(OC(=O)N3CCNCC3)c2)cc1. The van der Waals surface area contributed by atoms with Crippen LogP contribution in [0.5, 0.6) is 5.75 Å². The molecule has 1 heterocycles. The maximum absolute atomic E-state index is 12.3. The van der Waals surface area contributed by atoms with Gasteiger partial charge in [-0.2, -0.15) is 13.5 Å². The molecule has 2 aromatic rings. The maximum atomic E-state index is 12.3. The third-order valence-electron chi connectivity index (χ3n) is 4.25. The van der Waals surface area contributed by atoms with Crippen LogP contribution in [0.1, 0.15) is 11.1 Å². The third kappa shape index (κ3) is 5.78. The molecular formula is C19H21BrN4O4S. The Morgan fingerprint density at radius 1 is 1.21 bits per heavy atom. The number of carbonyl (C=O) groups excluding carboxylic acids is 1. The molecule has 0 radical (unpaired) electrons. The highest BCUT2D eigenvalue weighted by Gasteiger charge is 2.19. The largest absolute Gasteiger partial charge is 0.415 e. The fourth-order valence-electron chi connectivity index (χ4n) is 2.62. The van der Waals surface area contributed by atoms with Gasteiger partial charge in [0.1, 0.15) is 5.75 Å². The minimum Gasteiger partial charge on any atom is -0.409 e. The van der Waals surface area contributed by atoms with Gasteiger partial charge in [0.15, 0.2) is 0 Å². The number of hydrogen-bond acceptors (Lipinski definition) is 6. The Morgan fingerprint density at radius 2 is 1.90 bits per heavy atom. The number of hydrazone groups is 1. The van der Waals surface area contributed by atoms with E-state index < -0.39 is 16.1 Å². The molecule has 0 atom stereocenters. The van der Waals surface area contributed by atoms with E-state index in [4.69, 9.17) is 4.74 Å². The minimum absolute atomic E-state index is 0.127. The fraction of sp³-hybridized carbons (Fsp3) is 0.263. The van der Waals surface area contributed by atoms with E-state index in [2.05, 4.69) is 31.2 Å². The summed E-state index contributed by atoms with van der Waals surface area (Å²) < 4.78 is 30.6. The van der Waals surface area contributed by atoms with Crippen LogP contribution >= 0.6 is 15.9 Å². The van der Waals surface area contributed by atoms with Crippen LogP contribution in [0.15, 0.2) is 56.9 Å². The molecule has 1 fully saturated rings. The van der Waals surface area contributed by atoms with Crippen LogP contribution in [-0.2, 0) is 10.0 Å². The summed E-state index contributed by atoms with van der Waals surface area (Å²) in [5, 5.41) is 6.99. The molecule has 1 saturated heterocycles. The lowest BCUT2D eigenvalue weighted by Gasteiger charge is -2.26. The zero-order chi connectivity index (χ0) is 20.9. The van der Waals surface area contributed by atoms with E-state index in [1.54, 1.807) is 35.2 Å². The van der Waals surface area contributed by atoms with Crippen molar-refractivity contribution in [3.05, 3.63) is 58.1 Å². The van der Waals surface area contributed by atoms with E-state index in [0.717, 1.165) is 18.7 Å². The molecule has 10 heteroatoms. The molecule has 3 rings (SSSR count). The number of halogens is 1. The lowest BCUT2D eigenvalue weighted by Crippen LogP contribution is -2.47. The smallest absolute Gasteiger partial charge is 0.409 e. The summed E-state index contributed by atoms with van der Waals surface area (Å²) in [6, 6.07) is 11.5. The molecule has 0 saturated carbocycles. The second-order valence-corrected chi connectivity index (χ2v) is 8.98. The number of amides is 1. The number of carbonyl (C=O) groups is 1. The zero-order valence-corrected chi connectivity index (χ0v) is 18.2. The van der Waals surface area contributed by atoms with Gasteiger partial charge in [-0.1, -0.05) is 23.8 Å². The standard InChI is InChI=1S/C19H21BrN4O4S/c1-14-2-5-16(6-3-14)29(26,27)23-22-13-15-4-7-17(20)18(12-15)28-19(25)24-10-8-21-9-11-24/h2-7,12-13,21,23H,8-11H2,1H3/b22-13+. The first kappa shape index (κ1) is 21.3. The van der Waals surface area contributed by atoms with Gasteiger partial charge in [0, 0.05) is 26.2 Å². The van der Waals surface area contributed by atoms with Gasteiger partial charge < -0.3 is 15.0 Å². The molecule has 1 aliphatic rings. The lowest BCUT2D eigenvalue weighted by atomic mass is 10.2. The van der Waals surface area contributed by atoms with Crippen molar-refractivity contribution >= 4 is 38.3 Å². The first-order valence-electron chi connectivity index (χ1n) is 8.94. The topological polar surface area (TPSA) is 100 Å². The van der Waals surface area contributed by atoms with Gasteiger partial charge in [0.05, 0.1) is 15.6 Å². The van der Waals surface area contributed by atoms with Crippen LogP contribution < -0.4 is 14.9 Å². The van der Waals surface area contributed by atoms with Gasteiger partial charge in [-0.05, 0) is 52.7 Å². The number of hydrogen-bond donors (Lipinski definition) is 2. The molecule has 2 aromatic carbocycles. The molecule has 0 bridgehead atoms. The van der Waals surface area contributed by atoms with Crippen LogP contribution in [0, 0.1) is 6.92 Å². The lowest BCUT2D eigenvalue weighted by molar-refractivity contribution is 0.145. The first-order valence-corrected chi connectivity index (χ1v) is 11.2. The first-order chi connectivity index (χ1) is 13.8. The third-order valence-corrected chi connectivity index (χ3v) is 6.14. The number of nitrogens with zero attached hydrogens (tertiary/aromatic N) is 2. The van der Waals surface area contributed by atoms with E-state index in [-0.39, 0.29) is 4.90 Å². The van der Waals surface area contributed by atoms with Crippen molar-refractivity contribution in [3.8, 4) is 5.75 Å². The maximum Gasteiger partial charge on any atom is 0.415 e. The number of sulfonamides is 1. The summed E-state index contributed by atoms with van der Waals surface area (Å²) in [7, 11) is -3.75. The average molecular weight is 481 g/mol. The van der Waals surface area contributed by atoms with E-state index >= 15 is 0 Å². The average Bonchev–Trinajstić information content (AvgIpc) is 2.71.